The van der Waals surface area contributed by atoms with Gasteiger partial charge in [-0.1, -0.05) is 0 Å². The second kappa shape index (κ2) is 12.7. The maximum atomic E-state index is 16.0. The molecular formula is C31H3BF20O2. The monoisotopic (exact) mass is 798 g/mol. The summed E-state index contributed by atoms with van der Waals surface area (Å²) >= 11 is 0. The first-order chi connectivity index (χ1) is 25.1. The van der Waals surface area contributed by atoms with Gasteiger partial charge < -0.3 is 9.31 Å². The van der Waals surface area contributed by atoms with E-state index in [1.54, 1.807) is 0 Å². The quantitative estimate of drug-likeness (QED) is 0.0738. The average molecular weight is 798 g/mol. The van der Waals surface area contributed by atoms with E-state index in [0.29, 0.717) is 0 Å². The highest BCUT2D eigenvalue weighted by molar-refractivity contribution is 6.63. The van der Waals surface area contributed by atoms with Gasteiger partial charge in [0.05, 0.1) is 22.2 Å². The summed E-state index contributed by atoms with van der Waals surface area (Å²) < 4.78 is 305. The lowest BCUT2D eigenvalue weighted by Crippen LogP contribution is -2.49. The lowest BCUT2D eigenvalue weighted by Gasteiger charge is -2.24. The van der Waals surface area contributed by atoms with E-state index >= 15 is 30.7 Å². The van der Waals surface area contributed by atoms with Crippen molar-refractivity contribution in [1.29, 1.82) is 0 Å². The van der Waals surface area contributed by atoms with Crippen molar-refractivity contribution in [3.63, 3.8) is 0 Å². The van der Waals surface area contributed by atoms with Crippen molar-refractivity contribution in [2.24, 2.45) is 0 Å². The minimum atomic E-state index is -5.64. The Morgan fingerprint density at radius 1 is 0.370 bits per heavy atom. The summed E-state index contributed by atoms with van der Waals surface area (Å²) in [4.78, 5) is 0. The average Bonchev–Trinajstić information content (AvgIpc) is 3.37. The Balaban J connectivity index is 1.75. The van der Waals surface area contributed by atoms with Crippen molar-refractivity contribution >= 4 is 12.6 Å². The molecule has 0 unspecified atom stereocenters. The zero-order valence-electron chi connectivity index (χ0n) is 24.7. The first-order valence-electron chi connectivity index (χ1n) is 13.7. The van der Waals surface area contributed by atoms with Gasteiger partial charge in [0.1, 0.15) is 5.75 Å². The molecular weight excluding hydrogens is 795 g/mol. The molecule has 1 aliphatic carbocycles. The largest absolute Gasteiger partial charge is 0.636 e. The van der Waals surface area contributed by atoms with Crippen LogP contribution < -0.4 is 14.8 Å². The lowest BCUT2D eigenvalue weighted by molar-refractivity contribution is 0.0433. The van der Waals surface area contributed by atoms with Crippen LogP contribution in [0.1, 0.15) is 11.1 Å². The Labute approximate surface area is 283 Å². The summed E-state index contributed by atoms with van der Waals surface area (Å²) in [5, 5.41) is 0. The van der Waals surface area contributed by atoms with Gasteiger partial charge in [0.25, 0.3) is 0 Å². The summed E-state index contributed by atoms with van der Waals surface area (Å²) in [7, 11) is -3.89. The van der Waals surface area contributed by atoms with Gasteiger partial charge in [0.15, 0.2) is 93.0 Å². The van der Waals surface area contributed by atoms with E-state index in [1.807, 2.05) is 0 Å². The predicted molar refractivity (Wildman–Crippen MR) is 139 cm³/mol. The predicted octanol–water partition coefficient (Wildman–Crippen LogP) is 9.83. The molecule has 2 nitrogen and oxygen atoms in total. The fourth-order valence-corrected chi connectivity index (χ4v) is 5.44. The first-order valence-corrected chi connectivity index (χ1v) is 13.7. The van der Waals surface area contributed by atoms with Gasteiger partial charge in [-0.15, -0.1) is 0 Å². The van der Waals surface area contributed by atoms with Crippen LogP contribution in [0.4, 0.5) is 87.8 Å². The standard InChI is InChI=1S/C31H3BF20O2/c33-5-2-1-4(3-6(5)34)53-32(54-30-10(18(39)25(46)28(49)29(30)50)9-16(37)23(44)27(48)24(45)17(9)38)13-11-7(14(35)21(42)20(13)41)8-12(31(11,51)52)19(40)26(47)22(43)15(8)36/h1-3H. The van der Waals surface area contributed by atoms with Crippen LogP contribution in [0.15, 0.2) is 18.2 Å². The molecule has 0 aromatic heterocycles. The third-order valence-corrected chi connectivity index (χ3v) is 7.78. The Bertz CT molecular complexity index is 2460. The molecule has 54 heavy (non-hydrogen) atoms. The van der Waals surface area contributed by atoms with Crippen LogP contribution in [-0.4, -0.2) is 7.12 Å². The van der Waals surface area contributed by atoms with Crippen LogP contribution in [0.25, 0.3) is 22.3 Å². The third-order valence-electron chi connectivity index (χ3n) is 7.78. The van der Waals surface area contributed by atoms with Crippen LogP contribution in [0.2, 0.25) is 0 Å². The Hall–Kier alpha value is -5.64. The number of hydrogen-bond acceptors (Lipinski definition) is 2. The van der Waals surface area contributed by atoms with Crippen molar-refractivity contribution in [3.8, 4) is 33.8 Å². The first kappa shape index (κ1) is 38.1. The SMILES string of the molecule is Fc1ccc(OB(Oc2c(F)c(F)c(F)c(F)c2-c2c(F)c(F)c(F)c(F)c2F)c2c(F)c(F)c(F)c3c2C(F)(F)c2c(F)c(F)c(F)c(F)c2-3)cc1F. The van der Waals surface area contributed by atoms with E-state index in [9.17, 15) is 57.1 Å². The van der Waals surface area contributed by atoms with Crippen molar-refractivity contribution in [3.05, 3.63) is 134 Å². The third kappa shape index (κ3) is 5.21. The molecule has 5 aromatic carbocycles. The molecule has 23 heteroatoms. The molecule has 0 radical (unpaired) electrons. The number of halogens is 20. The minimum absolute atomic E-state index is 0.104. The molecule has 0 atom stereocenters. The highest BCUT2D eigenvalue weighted by Crippen LogP contribution is 2.55. The topological polar surface area (TPSA) is 18.5 Å². The lowest BCUT2D eigenvalue weighted by atomic mass is 9.72. The second-order valence-corrected chi connectivity index (χ2v) is 10.7. The van der Waals surface area contributed by atoms with E-state index < -0.39 is 168 Å². The van der Waals surface area contributed by atoms with Gasteiger partial charge in [0, 0.05) is 22.8 Å². The number of alkyl halides is 2. The summed E-state index contributed by atoms with van der Waals surface area (Å²) in [6, 6.07) is 0.206. The van der Waals surface area contributed by atoms with Crippen LogP contribution in [0.5, 0.6) is 11.5 Å². The van der Waals surface area contributed by atoms with Crippen LogP contribution >= 0.6 is 0 Å². The highest BCUT2D eigenvalue weighted by Gasteiger charge is 2.57. The molecule has 0 fully saturated rings. The normalized spacial score (nSPS) is 13.0. The molecule has 0 saturated heterocycles. The molecule has 1 aliphatic rings. The smallest absolute Gasteiger partial charge is 0.522 e. The number of hydrogen-bond donors (Lipinski definition) is 0. The van der Waals surface area contributed by atoms with Crippen molar-refractivity contribution in [2.75, 3.05) is 0 Å². The summed E-state index contributed by atoms with van der Waals surface area (Å²) in [5.74, 6) is -62.3. The molecule has 0 spiro atoms. The van der Waals surface area contributed by atoms with Crippen LogP contribution in [0.3, 0.4) is 0 Å². The number of rotatable bonds is 6. The van der Waals surface area contributed by atoms with Gasteiger partial charge in [-0.2, -0.15) is 13.2 Å². The summed E-state index contributed by atoms with van der Waals surface area (Å²) in [6.07, 6.45) is 0. The van der Waals surface area contributed by atoms with E-state index in [1.165, 1.54) is 0 Å². The van der Waals surface area contributed by atoms with E-state index in [2.05, 4.69) is 4.65 Å². The molecule has 0 bridgehead atoms. The van der Waals surface area contributed by atoms with Crippen molar-refractivity contribution in [1.82, 2.24) is 0 Å². The van der Waals surface area contributed by atoms with Crippen LogP contribution in [0, 0.1) is 105 Å². The van der Waals surface area contributed by atoms with Gasteiger partial charge in [-0.3, -0.25) is 0 Å². The fourth-order valence-electron chi connectivity index (χ4n) is 5.44. The molecule has 5 aromatic rings. The molecule has 0 N–H and O–H groups in total. The van der Waals surface area contributed by atoms with Gasteiger partial charge in [0.2, 0.25) is 17.5 Å². The van der Waals surface area contributed by atoms with Gasteiger partial charge in [-0.05, 0) is 12.1 Å². The van der Waals surface area contributed by atoms with E-state index in [0.717, 1.165) is 0 Å². The Kier molecular flexibility index (Phi) is 9.00. The molecule has 0 aliphatic heterocycles. The molecule has 282 valence electrons. The highest BCUT2D eigenvalue weighted by atomic mass is 19.3. The van der Waals surface area contributed by atoms with Gasteiger partial charge >= 0.3 is 13.0 Å². The maximum Gasteiger partial charge on any atom is 0.636 e. The van der Waals surface area contributed by atoms with Gasteiger partial charge in [-0.25, -0.2) is 74.6 Å². The summed E-state index contributed by atoms with van der Waals surface area (Å²) in [5.41, 5.74) is -18.1. The number of fused-ring (bicyclic) bond motifs is 3. The van der Waals surface area contributed by atoms with Crippen molar-refractivity contribution < 1.29 is 97.1 Å². The number of benzene rings is 5. The van der Waals surface area contributed by atoms with Crippen molar-refractivity contribution in [2.45, 2.75) is 5.92 Å². The van der Waals surface area contributed by atoms with Crippen LogP contribution in [-0.2, 0) is 5.92 Å². The zero-order valence-corrected chi connectivity index (χ0v) is 24.7. The Morgan fingerprint density at radius 2 is 0.778 bits per heavy atom. The Morgan fingerprint density at radius 3 is 1.30 bits per heavy atom. The zero-order chi connectivity index (χ0) is 40.2. The molecule has 0 heterocycles. The molecule has 0 amide bonds. The van der Waals surface area contributed by atoms with E-state index in [4.69, 9.17) is 4.65 Å². The minimum Gasteiger partial charge on any atom is -0.522 e. The maximum absolute atomic E-state index is 16.0. The molecule has 6 rings (SSSR count). The van der Waals surface area contributed by atoms with E-state index in [-0.39, 0.29) is 18.2 Å². The summed E-state index contributed by atoms with van der Waals surface area (Å²) in [6.45, 7) is 0. The second-order valence-electron chi connectivity index (χ2n) is 10.7. The fraction of sp³-hybridized carbons (Fsp3) is 0.0323. The molecule has 0 saturated carbocycles.